The molecule has 3 unspecified atom stereocenters. The van der Waals surface area contributed by atoms with Crippen LogP contribution in [0.5, 0.6) is 11.5 Å². The van der Waals surface area contributed by atoms with E-state index in [0.717, 1.165) is 60.9 Å². The summed E-state index contributed by atoms with van der Waals surface area (Å²) in [6.07, 6.45) is 2.12. The summed E-state index contributed by atoms with van der Waals surface area (Å²) in [7, 11) is 0. The molecular weight excluding hydrogens is 593 g/mol. The van der Waals surface area contributed by atoms with Crippen LogP contribution in [-0.2, 0) is 6.42 Å². The Hall–Kier alpha value is -1.61. The number of nitrogens with zero attached hydrogens (tertiary/aromatic N) is 2. The maximum atomic E-state index is 16.2. The highest BCUT2D eigenvalue weighted by Crippen LogP contribution is 2.52. The zero-order valence-corrected chi connectivity index (χ0v) is 25.3. The topological polar surface area (TPSA) is 37.4 Å². The van der Waals surface area contributed by atoms with Crippen LogP contribution in [0, 0.1) is 34.6 Å². The standard InChI is InChI=1S/C27H33BBr2F2N2O2/c1-12-13(2)26-19(14(3)25(12)35)9-10-27(8,36-26)11-20-23-15(4)21(29)17(6)33(23)28(31,32)34-18(7)22(30)16(5)24(20)34/h20,23,35H,9-11H2,1-8H3. The molecule has 4 heterocycles. The summed E-state index contributed by atoms with van der Waals surface area (Å²) in [5.74, 6) is 0.987. The Bertz CT molecular complexity index is 1410. The molecule has 3 aliphatic heterocycles. The van der Waals surface area contributed by atoms with Crippen LogP contribution in [-0.4, -0.2) is 38.4 Å². The summed E-state index contributed by atoms with van der Waals surface area (Å²) < 4.78 is 43.4. The first kappa shape index (κ1) is 26.0. The first-order chi connectivity index (χ1) is 16.6. The molecule has 0 amide bonds. The number of fused-ring (bicyclic) bond motifs is 3. The van der Waals surface area contributed by atoms with Crippen molar-refractivity contribution in [2.45, 2.75) is 92.2 Å². The smallest absolute Gasteiger partial charge is 0.507 e. The molecule has 3 aliphatic rings. The van der Waals surface area contributed by atoms with E-state index in [4.69, 9.17) is 4.74 Å². The van der Waals surface area contributed by atoms with Gasteiger partial charge in [-0.15, -0.1) is 0 Å². The van der Waals surface area contributed by atoms with E-state index >= 15 is 8.63 Å². The predicted octanol–water partition coefficient (Wildman–Crippen LogP) is 7.52. The van der Waals surface area contributed by atoms with E-state index in [0.29, 0.717) is 29.3 Å². The summed E-state index contributed by atoms with van der Waals surface area (Å²) >= 11 is 7.23. The molecule has 1 N–H and O–H groups in total. The molecule has 3 atom stereocenters. The Morgan fingerprint density at radius 2 is 1.69 bits per heavy atom. The average molecular weight is 626 g/mol. The fourth-order valence-corrected chi connectivity index (χ4v) is 7.79. The zero-order chi connectivity index (χ0) is 26.6. The number of aromatic hydroxyl groups is 1. The lowest BCUT2D eigenvalue weighted by molar-refractivity contribution is -0.466. The van der Waals surface area contributed by atoms with Crippen LogP contribution in [0.1, 0.15) is 78.7 Å². The molecule has 0 fully saturated rings. The Morgan fingerprint density at radius 1 is 1.06 bits per heavy atom. The van der Waals surface area contributed by atoms with Crippen molar-refractivity contribution >= 4 is 44.5 Å². The maximum Gasteiger partial charge on any atom is 0.732 e. The van der Waals surface area contributed by atoms with Gasteiger partial charge in [0.1, 0.15) is 28.9 Å². The Balaban J connectivity index is 1.67. The van der Waals surface area contributed by atoms with E-state index in [1.165, 1.54) is 8.96 Å². The van der Waals surface area contributed by atoms with Gasteiger partial charge in [-0.1, -0.05) is 0 Å². The highest BCUT2D eigenvalue weighted by atomic mass is 79.9. The van der Waals surface area contributed by atoms with Crippen molar-refractivity contribution < 1.29 is 23.0 Å². The molecule has 2 aromatic rings. The van der Waals surface area contributed by atoms with Crippen LogP contribution in [0.2, 0.25) is 0 Å². The summed E-state index contributed by atoms with van der Waals surface area (Å²) in [4.78, 5) is 0. The first-order valence-electron chi connectivity index (χ1n) is 12.5. The van der Waals surface area contributed by atoms with E-state index in [9.17, 15) is 5.11 Å². The van der Waals surface area contributed by atoms with Gasteiger partial charge in [-0.3, -0.25) is 0 Å². The molecule has 5 rings (SSSR count). The third-order valence-electron chi connectivity index (χ3n) is 9.07. The van der Waals surface area contributed by atoms with Crippen LogP contribution in [0.15, 0.2) is 14.5 Å². The largest absolute Gasteiger partial charge is 0.732 e. The molecular formula is C27H33BBr2F2N2O2. The second kappa shape index (κ2) is 8.19. The molecule has 1 aromatic carbocycles. The molecule has 4 nitrogen and oxygen atoms in total. The molecule has 9 heteroatoms. The second-order valence-corrected chi connectivity index (χ2v) is 12.8. The number of phenolic OH excluding ortho intramolecular Hbond substituents is 1. The van der Waals surface area contributed by atoms with Gasteiger partial charge in [0.05, 0.1) is 10.4 Å². The minimum Gasteiger partial charge on any atom is -0.507 e. The van der Waals surface area contributed by atoms with Gasteiger partial charge >= 0.3 is 6.97 Å². The average Bonchev–Trinajstić information content (AvgIpc) is 3.20. The minimum absolute atomic E-state index is 0.187. The lowest BCUT2D eigenvalue weighted by atomic mass is 9.72. The van der Waals surface area contributed by atoms with Gasteiger partial charge in [0, 0.05) is 34.6 Å². The highest BCUT2D eigenvalue weighted by Gasteiger charge is 2.61. The van der Waals surface area contributed by atoms with E-state index < -0.39 is 18.6 Å². The van der Waals surface area contributed by atoms with Crippen LogP contribution in [0.4, 0.5) is 8.63 Å². The monoisotopic (exact) mass is 624 g/mol. The quantitative estimate of drug-likeness (QED) is 0.351. The normalized spacial score (nSPS) is 26.7. The first-order valence-corrected chi connectivity index (χ1v) is 14.1. The van der Waals surface area contributed by atoms with Gasteiger partial charge in [-0.25, -0.2) is 0 Å². The fraction of sp³-hybridized carbons (Fsp3) is 0.519. The molecule has 0 saturated carbocycles. The van der Waals surface area contributed by atoms with Gasteiger partial charge < -0.3 is 27.4 Å². The molecule has 0 radical (unpaired) electrons. The van der Waals surface area contributed by atoms with Gasteiger partial charge in [-0.05, 0) is 121 Å². The van der Waals surface area contributed by atoms with Crippen molar-refractivity contribution in [1.82, 2.24) is 4.48 Å². The summed E-state index contributed by atoms with van der Waals surface area (Å²) in [5, 5.41) is 10.6. The number of benzene rings is 1. The number of halogens is 4. The van der Waals surface area contributed by atoms with Gasteiger partial charge in [0.25, 0.3) is 0 Å². The molecule has 194 valence electrons. The van der Waals surface area contributed by atoms with Gasteiger partial charge in [0.2, 0.25) is 0 Å². The number of rotatable bonds is 2. The zero-order valence-electron chi connectivity index (χ0n) is 22.1. The molecule has 1 aromatic heterocycles. The summed E-state index contributed by atoms with van der Waals surface area (Å²) in [6.45, 7) is 11.4. The molecule has 0 saturated heterocycles. The van der Waals surface area contributed by atoms with E-state index in [1.54, 1.807) is 13.8 Å². The minimum atomic E-state index is -4.02. The molecule has 0 bridgehead atoms. The molecule has 36 heavy (non-hydrogen) atoms. The third-order valence-corrected chi connectivity index (χ3v) is 11.4. The molecule has 0 spiro atoms. The summed E-state index contributed by atoms with van der Waals surface area (Å²) in [5.41, 5.74) is 6.80. The summed E-state index contributed by atoms with van der Waals surface area (Å²) in [6, 6.07) is -0.451. The number of allylic oxidation sites excluding steroid dienone is 1. The third kappa shape index (κ3) is 3.30. The highest BCUT2D eigenvalue weighted by molar-refractivity contribution is 9.12. The lowest BCUT2D eigenvalue weighted by Gasteiger charge is -2.45. The number of ether oxygens (including phenoxy) is 1. The predicted molar refractivity (Wildman–Crippen MR) is 148 cm³/mol. The van der Waals surface area contributed by atoms with Crippen LogP contribution in [0.3, 0.4) is 0 Å². The van der Waals surface area contributed by atoms with Crippen LogP contribution >= 0.6 is 31.9 Å². The van der Waals surface area contributed by atoms with Crippen molar-refractivity contribution in [2.75, 3.05) is 0 Å². The molecule has 0 aliphatic carbocycles. The van der Waals surface area contributed by atoms with Crippen LogP contribution in [0.25, 0.3) is 0 Å². The van der Waals surface area contributed by atoms with E-state index in [-0.39, 0.29) is 5.92 Å². The van der Waals surface area contributed by atoms with Crippen molar-refractivity contribution in [3.8, 4) is 11.5 Å². The van der Waals surface area contributed by atoms with Crippen LogP contribution < -0.4 is 4.74 Å². The number of aromatic nitrogens is 1. The van der Waals surface area contributed by atoms with Gasteiger partial charge in [0.15, 0.2) is 0 Å². The SMILES string of the molecule is CC1=C(Br)C(C)=[N+]2C1C(CC1(C)CCc3c(C)c(O)c(C)c(C)c3O1)c1c(C)c(Br)c(C)n1[B-]2(F)F. The van der Waals surface area contributed by atoms with Crippen molar-refractivity contribution in [1.29, 1.82) is 0 Å². The number of hydrogen-bond donors (Lipinski definition) is 1. The van der Waals surface area contributed by atoms with E-state index in [2.05, 4.69) is 38.8 Å². The lowest BCUT2D eigenvalue weighted by Crippen LogP contribution is -2.59. The number of hydrogen-bond acceptors (Lipinski definition) is 2. The van der Waals surface area contributed by atoms with Crippen molar-refractivity contribution in [3.05, 3.63) is 53.7 Å². The maximum absolute atomic E-state index is 16.2. The Labute approximate surface area is 228 Å². The van der Waals surface area contributed by atoms with Gasteiger partial charge in [-0.2, -0.15) is 0 Å². The Morgan fingerprint density at radius 3 is 2.33 bits per heavy atom. The van der Waals surface area contributed by atoms with Crippen molar-refractivity contribution in [2.24, 2.45) is 0 Å². The van der Waals surface area contributed by atoms with E-state index in [1.807, 2.05) is 34.6 Å². The second-order valence-electron chi connectivity index (χ2n) is 11.2. The fourth-order valence-electron chi connectivity index (χ4n) is 6.96. The van der Waals surface area contributed by atoms with Crippen molar-refractivity contribution in [3.63, 3.8) is 0 Å². The number of phenols is 1. The Kier molecular flexibility index (Phi) is 5.92.